The summed E-state index contributed by atoms with van der Waals surface area (Å²) in [5.74, 6) is 0.231. The predicted octanol–water partition coefficient (Wildman–Crippen LogP) is 1.72. The lowest BCUT2D eigenvalue weighted by atomic mass is 10.2. The Bertz CT molecular complexity index is 652. The molecule has 0 radical (unpaired) electrons. The van der Waals surface area contributed by atoms with E-state index in [0.29, 0.717) is 6.42 Å². The average Bonchev–Trinajstić information content (AvgIpc) is 3.07. The van der Waals surface area contributed by atoms with Gasteiger partial charge in [-0.15, -0.1) is 11.3 Å². The lowest BCUT2D eigenvalue weighted by molar-refractivity contribution is -0.131. The molecule has 3 rings (SSSR count). The molecule has 0 unspecified atom stereocenters. The molecule has 1 fully saturated rings. The van der Waals surface area contributed by atoms with Crippen molar-refractivity contribution in [2.45, 2.75) is 12.8 Å². The Balaban J connectivity index is 1.49. The number of rotatable bonds is 4. The summed E-state index contributed by atoms with van der Waals surface area (Å²) in [6.45, 7) is 3.08. The van der Waals surface area contributed by atoms with Crippen LogP contribution in [0.2, 0.25) is 0 Å². The van der Waals surface area contributed by atoms with Gasteiger partial charge in [-0.3, -0.25) is 9.59 Å². The third-order valence-corrected chi connectivity index (χ3v) is 4.87. The van der Waals surface area contributed by atoms with Crippen LogP contribution in [0.3, 0.4) is 0 Å². The lowest BCUT2D eigenvalue weighted by Gasteiger charge is -2.36. The molecule has 1 N–H and O–H groups in total. The van der Waals surface area contributed by atoms with Crippen molar-refractivity contribution in [1.29, 1.82) is 0 Å². The van der Waals surface area contributed by atoms with Crippen LogP contribution in [0, 0.1) is 0 Å². The van der Waals surface area contributed by atoms with Crippen molar-refractivity contribution in [3.8, 4) is 0 Å². The van der Waals surface area contributed by atoms with Crippen LogP contribution in [0.15, 0.2) is 40.6 Å². The zero-order valence-corrected chi connectivity index (χ0v) is 13.1. The van der Waals surface area contributed by atoms with E-state index in [0.717, 1.165) is 38.3 Å². The number of aryl methyl sites for hydroxylation is 1. The molecule has 0 saturated carbocycles. The van der Waals surface area contributed by atoms with Gasteiger partial charge in [-0.25, -0.2) is 0 Å². The third kappa shape index (κ3) is 3.57. The fourth-order valence-corrected chi connectivity index (χ4v) is 3.37. The summed E-state index contributed by atoms with van der Waals surface area (Å²) in [5, 5.41) is 2.04. The van der Waals surface area contributed by atoms with E-state index in [1.807, 2.05) is 22.4 Å². The number of H-pyrrole nitrogens is 1. The van der Waals surface area contributed by atoms with Crippen molar-refractivity contribution in [3.63, 3.8) is 0 Å². The van der Waals surface area contributed by atoms with E-state index in [2.05, 4.69) is 16.0 Å². The van der Waals surface area contributed by atoms with Gasteiger partial charge in [0.15, 0.2) is 0 Å². The van der Waals surface area contributed by atoms with Crippen molar-refractivity contribution < 1.29 is 4.79 Å². The number of aromatic nitrogens is 1. The largest absolute Gasteiger partial charge is 0.367 e. The number of carbonyl (C=O) groups excluding carboxylic acids is 1. The third-order valence-electron chi connectivity index (χ3n) is 3.93. The van der Waals surface area contributed by atoms with Crippen molar-refractivity contribution in [2.75, 3.05) is 31.1 Å². The van der Waals surface area contributed by atoms with Gasteiger partial charge in [0, 0.05) is 49.7 Å². The normalized spacial score (nSPS) is 15.1. The van der Waals surface area contributed by atoms with Gasteiger partial charge >= 0.3 is 0 Å². The number of nitrogens with one attached hydrogen (secondary N) is 1. The van der Waals surface area contributed by atoms with Gasteiger partial charge in [-0.1, -0.05) is 6.07 Å². The summed E-state index contributed by atoms with van der Waals surface area (Å²) in [4.78, 5) is 31.4. The van der Waals surface area contributed by atoms with Gasteiger partial charge in [0.2, 0.25) is 11.5 Å². The van der Waals surface area contributed by atoms with Gasteiger partial charge in [-0.05, 0) is 23.9 Å². The number of pyridine rings is 1. The first kappa shape index (κ1) is 14.8. The Hall–Kier alpha value is -2.08. The molecule has 0 spiro atoms. The molecule has 3 heterocycles. The predicted molar refractivity (Wildman–Crippen MR) is 88.5 cm³/mol. The highest BCUT2D eigenvalue weighted by Gasteiger charge is 2.21. The summed E-state index contributed by atoms with van der Waals surface area (Å²) in [6.07, 6.45) is 3.15. The number of aromatic amines is 1. The molecular formula is C16H19N3O2S. The Morgan fingerprint density at radius 3 is 2.64 bits per heavy atom. The maximum absolute atomic E-state index is 12.2. The Kier molecular flexibility index (Phi) is 4.58. The first-order chi connectivity index (χ1) is 10.7. The molecule has 0 aromatic carbocycles. The summed E-state index contributed by atoms with van der Waals surface area (Å²) in [7, 11) is 0. The topological polar surface area (TPSA) is 56.4 Å². The maximum Gasteiger partial charge on any atom is 0.248 e. The van der Waals surface area contributed by atoms with E-state index in [1.54, 1.807) is 17.5 Å². The van der Waals surface area contributed by atoms with Crippen molar-refractivity contribution in [1.82, 2.24) is 9.88 Å². The highest BCUT2D eigenvalue weighted by atomic mass is 32.1. The summed E-state index contributed by atoms with van der Waals surface area (Å²) < 4.78 is 0. The summed E-state index contributed by atoms with van der Waals surface area (Å²) in [5.41, 5.74) is 0.913. The molecule has 22 heavy (non-hydrogen) atoms. The number of amides is 1. The zero-order chi connectivity index (χ0) is 15.4. The monoisotopic (exact) mass is 317 g/mol. The molecule has 0 atom stereocenters. The number of hydrogen-bond acceptors (Lipinski definition) is 4. The molecular weight excluding hydrogens is 298 g/mol. The Morgan fingerprint density at radius 2 is 2.00 bits per heavy atom. The Labute approximate surface area is 133 Å². The smallest absolute Gasteiger partial charge is 0.248 e. The van der Waals surface area contributed by atoms with Crippen LogP contribution in [0.1, 0.15) is 11.3 Å². The maximum atomic E-state index is 12.2. The number of anilines is 1. The molecule has 2 aromatic heterocycles. The fourth-order valence-electron chi connectivity index (χ4n) is 2.66. The molecule has 0 aliphatic carbocycles. The van der Waals surface area contributed by atoms with Crippen molar-refractivity contribution in [2.24, 2.45) is 0 Å². The number of carbonyl (C=O) groups is 1. The molecule has 1 aliphatic rings. The summed E-state index contributed by atoms with van der Waals surface area (Å²) in [6, 6.07) is 7.46. The van der Waals surface area contributed by atoms with Crippen LogP contribution in [0.4, 0.5) is 5.69 Å². The Morgan fingerprint density at radius 1 is 1.18 bits per heavy atom. The minimum atomic E-state index is -0.0915. The quantitative estimate of drug-likeness (QED) is 0.934. The number of hydrogen-bond donors (Lipinski definition) is 1. The van der Waals surface area contributed by atoms with E-state index >= 15 is 0 Å². The highest BCUT2D eigenvalue weighted by Crippen LogP contribution is 2.15. The van der Waals surface area contributed by atoms with Gasteiger partial charge in [0.25, 0.3) is 0 Å². The number of piperazine rings is 1. The van der Waals surface area contributed by atoms with Crippen LogP contribution >= 0.6 is 11.3 Å². The van der Waals surface area contributed by atoms with Crippen LogP contribution in [0.5, 0.6) is 0 Å². The van der Waals surface area contributed by atoms with Gasteiger partial charge in [-0.2, -0.15) is 0 Å². The van der Waals surface area contributed by atoms with Crippen LogP contribution in [0.25, 0.3) is 0 Å². The minimum absolute atomic E-state index is 0.0915. The molecule has 1 amide bonds. The van der Waals surface area contributed by atoms with Gasteiger partial charge in [0.05, 0.1) is 5.69 Å². The summed E-state index contributed by atoms with van der Waals surface area (Å²) >= 11 is 1.70. The molecule has 0 bridgehead atoms. The van der Waals surface area contributed by atoms with Crippen LogP contribution in [-0.4, -0.2) is 42.0 Å². The molecule has 2 aromatic rings. The van der Waals surface area contributed by atoms with Gasteiger partial charge in [0.1, 0.15) is 0 Å². The van der Waals surface area contributed by atoms with E-state index in [-0.39, 0.29) is 11.5 Å². The fraction of sp³-hybridized carbons (Fsp3) is 0.375. The standard InChI is InChI=1S/C16H19N3O2S/c20-15-5-3-13(12-17-15)18-7-9-19(10-8-18)16(21)6-4-14-2-1-11-22-14/h1-3,5,11-12H,4,6-10H2,(H,17,20). The second-order valence-corrected chi connectivity index (χ2v) is 6.39. The highest BCUT2D eigenvalue weighted by molar-refractivity contribution is 7.09. The molecule has 1 saturated heterocycles. The van der Waals surface area contributed by atoms with Gasteiger partial charge < -0.3 is 14.8 Å². The van der Waals surface area contributed by atoms with E-state index in [4.69, 9.17) is 0 Å². The second kappa shape index (κ2) is 6.79. The first-order valence-electron chi connectivity index (χ1n) is 7.46. The minimum Gasteiger partial charge on any atom is -0.367 e. The molecule has 6 heteroatoms. The van der Waals surface area contributed by atoms with Crippen molar-refractivity contribution in [3.05, 3.63) is 51.1 Å². The van der Waals surface area contributed by atoms with Crippen LogP contribution in [-0.2, 0) is 11.2 Å². The number of thiophene rings is 1. The molecule has 5 nitrogen and oxygen atoms in total. The molecule has 116 valence electrons. The number of nitrogens with zero attached hydrogens (tertiary/aromatic N) is 2. The second-order valence-electron chi connectivity index (χ2n) is 5.36. The van der Waals surface area contributed by atoms with Crippen molar-refractivity contribution >= 4 is 22.9 Å². The SMILES string of the molecule is O=C(CCc1cccs1)N1CCN(c2ccc(=O)[nH]c2)CC1. The zero-order valence-electron chi connectivity index (χ0n) is 12.3. The van der Waals surface area contributed by atoms with E-state index in [1.165, 1.54) is 10.9 Å². The van der Waals surface area contributed by atoms with Crippen LogP contribution < -0.4 is 10.5 Å². The van der Waals surface area contributed by atoms with E-state index in [9.17, 15) is 9.59 Å². The molecule has 1 aliphatic heterocycles. The lowest BCUT2D eigenvalue weighted by Crippen LogP contribution is -2.48. The first-order valence-corrected chi connectivity index (χ1v) is 8.34. The average molecular weight is 317 g/mol. The van der Waals surface area contributed by atoms with E-state index < -0.39 is 0 Å².